The average Bonchev–Trinajstić information content (AvgIpc) is 2.35. The fourth-order valence-electron chi connectivity index (χ4n) is 2.03. The van der Waals surface area contributed by atoms with Crippen LogP contribution in [-0.2, 0) is 4.79 Å². The molecule has 0 spiro atoms. The highest BCUT2D eigenvalue weighted by Crippen LogP contribution is 1.99. The Morgan fingerprint density at radius 3 is 2.50 bits per heavy atom. The second kappa shape index (κ2) is 7.71. The van der Waals surface area contributed by atoms with Crippen molar-refractivity contribution in [3.8, 4) is 0 Å². The van der Waals surface area contributed by atoms with Crippen molar-refractivity contribution in [2.45, 2.75) is 32.9 Å². The molecule has 1 atom stereocenters. The van der Waals surface area contributed by atoms with Crippen LogP contribution in [0.1, 0.15) is 20.8 Å². The summed E-state index contributed by atoms with van der Waals surface area (Å²) in [6.07, 6.45) is 0. The third kappa shape index (κ3) is 5.33. The van der Waals surface area contributed by atoms with Gasteiger partial charge in [0.15, 0.2) is 0 Å². The van der Waals surface area contributed by atoms with Crippen LogP contribution in [0.2, 0.25) is 0 Å². The zero-order valence-electron chi connectivity index (χ0n) is 12.2. The highest BCUT2D eigenvalue weighted by Gasteiger charge is 2.19. The topological polar surface area (TPSA) is 47.6 Å². The highest BCUT2D eigenvalue weighted by molar-refractivity contribution is 5.81. The monoisotopic (exact) mass is 256 g/mol. The van der Waals surface area contributed by atoms with Crippen molar-refractivity contribution in [3.63, 3.8) is 0 Å². The molecule has 1 saturated heterocycles. The smallest absolute Gasteiger partial charge is 0.237 e. The minimum atomic E-state index is -0.0599. The number of hydrogen-bond donors (Lipinski definition) is 2. The predicted molar refractivity (Wildman–Crippen MR) is 74.7 cm³/mol. The molecule has 1 fully saturated rings. The van der Waals surface area contributed by atoms with E-state index in [9.17, 15) is 4.79 Å². The van der Waals surface area contributed by atoms with Gasteiger partial charge >= 0.3 is 0 Å². The van der Waals surface area contributed by atoms with Crippen molar-refractivity contribution >= 4 is 5.91 Å². The first-order valence-electron chi connectivity index (χ1n) is 6.94. The lowest BCUT2D eigenvalue weighted by molar-refractivity contribution is -0.126. The summed E-state index contributed by atoms with van der Waals surface area (Å²) in [5, 5.41) is 6.30. The van der Waals surface area contributed by atoms with Crippen LogP contribution >= 0.6 is 0 Å². The molecule has 18 heavy (non-hydrogen) atoms. The van der Waals surface area contributed by atoms with Gasteiger partial charge in [0.25, 0.3) is 0 Å². The van der Waals surface area contributed by atoms with Crippen molar-refractivity contribution < 1.29 is 4.79 Å². The number of nitrogens with one attached hydrogen (secondary N) is 2. The largest absolute Gasteiger partial charge is 0.353 e. The predicted octanol–water partition coefficient (Wildman–Crippen LogP) is -0.263. The van der Waals surface area contributed by atoms with Gasteiger partial charge in [0.1, 0.15) is 0 Å². The van der Waals surface area contributed by atoms with Crippen LogP contribution < -0.4 is 10.6 Å². The van der Waals surface area contributed by atoms with Gasteiger partial charge in [0.2, 0.25) is 5.91 Å². The molecule has 0 aromatic carbocycles. The van der Waals surface area contributed by atoms with Crippen LogP contribution in [0.15, 0.2) is 0 Å². The molecule has 1 aliphatic rings. The van der Waals surface area contributed by atoms with Crippen molar-refractivity contribution in [2.24, 2.45) is 0 Å². The van der Waals surface area contributed by atoms with Gasteiger partial charge in [-0.3, -0.25) is 14.6 Å². The summed E-state index contributed by atoms with van der Waals surface area (Å²) in [6.45, 7) is 12.3. The Morgan fingerprint density at radius 1 is 1.33 bits per heavy atom. The maximum Gasteiger partial charge on any atom is 0.237 e. The minimum Gasteiger partial charge on any atom is -0.353 e. The van der Waals surface area contributed by atoms with Gasteiger partial charge in [-0.1, -0.05) is 0 Å². The lowest BCUT2D eigenvalue weighted by Crippen LogP contribution is -2.49. The van der Waals surface area contributed by atoms with Crippen LogP contribution in [0.5, 0.6) is 0 Å². The van der Waals surface area contributed by atoms with E-state index in [2.05, 4.69) is 20.4 Å². The summed E-state index contributed by atoms with van der Waals surface area (Å²) in [5.41, 5.74) is 0. The van der Waals surface area contributed by atoms with Gasteiger partial charge in [-0.2, -0.15) is 0 Å². The normalized spacial score (nSPS) is 19.2. The van der Waals surface area contributed by atoms with Crippen molar-refractivity contribution in [3.05, 3.63) is 0 Å². The van der Waals surface area contributed by atoms with Crippen LogP contribution in [0.4, 0.5) is 0 Å². The molecule has 1 rings (SSSR count). The SMILES string of the molecule is CC(C)NC(=O)C(C)N(C)CCN1CCNCC1. The Balaban J connectivity index is 2.25. The summed E-state index contributed by atoms with van der Waals surface area (Å²) in [5.74, 6) is 0.118. The third-order valence-electron chi connectivity index (χ3n) is 3.45. The number of hydrogen-bond acceptors (Lipinski definition) is 4. The molecule has 0 saturated carbocycles. The molecule has 0 bridgehead atoms. The van der Waals surface area contributed by atoms with Gasteiger partial charge in [0, 0.05) is 45.3 Å². The summed E-state index contributed by atoms with van der Waals surface area (Å²) in [4.78, 5) is 16.4. The molecule has 2 N–H and O–H groups in total. The summed E-state index contributed by atoms with van der Waals surface area (Å²) in [6, 6.07) is 0.150. The molecule has 0 aliphatic carbocycles. The molecule has 1 amide bonds. The molecule has 0 aromatic rings. The zero-order valence-corrected chi connectivity index (χ0v) is 12.2. The van der Waals surface area contributed by atoms with Gasteiger partial charge in [-0.05, 0) is 27.8 Å². The van der Waals surface area contributed by atoms with E-state index in [0.717, 1.165) is 39.3 Å². The van der Waals surface area contributed by atoms with Crippen molar-refractivity contribution in [1.82, 2.24) is 20.4 Å². The lowest BCUT2D eigenvalue weighted by atomic mass is 10.2. The molecular formula is C13H28N4O. The second-order valence-electron chi connectivity index (χ2n) is 5.41. The van der Waals surface area contributed by atoms with Crippen molar-refractivity contribution in [2.75, 3.05) is 46.3 Å². The first-order chi connectivity index (χ1) is 8.50. The number of carbonyl (C=O) groups is 1. The standard InChI is InChI=1S/C13H28N4O/c1-11(2)15-13(18)12(3)16(4)9-10-17-7-5-14-6-8-17/h11-12,14H,5-10H2,1-4H3,(H,15,18). The van der Waals surface area contributed by atoms with Crippen LogP contribution in [-0.4, -0.2) is 74.1 Å². The summed E-state index contributed by atoms with van der Waals surface area (Å²) < 4.78 is 0. The zero-order chi connectivity index (χ0) is 13.5. The van der Waals surface area contributed by atoms with E-state index >= 15 is 0 Å². The van der Waals surface area contributed by atoms with Gasteiger partial charge in [-0.25, -0.2) is 0 Å². The second-order valence-corrected chi connectivity index (χ2v) is 5.41. The Hall–Kier alpha value is -0.650. The summed E-state index contributed by atoms with van der Waals surface area (Å²) >= 11 is 0. The molecule has 0 radical (unpaired) electrons. The average molecular weight is 256 g/mol. The first-order valence-corrected chi connectivity index (χ1v) is 6.94. The van der Waals surface area contributed by atoms with E-state index in [1.54, 1.807) is 0 Å². The van der Waals surface area contributed by atoms with Crippen LogP contribution in [0.3, 0.4) is 0 Å². The van der Waals surface area contributed by atoms with E-state index in [1.807, 2.05) is 27.8 Å². The highest BCUT2D eigenvalue weighted by atomic mass is 16.2. The number of carbonyl (C=O) groups excluding carboxylic acids is 1. The molecular weight excluding hydrogens is 228 g/mol. The van der Waals surface area contributed by atoms with E-state index in [1.165, 1.54) is 0 Å². The molecule has 1 unspecified atom stereocenters. The number of amides is 1. The van der Waals surface area contributed by atoms with Gasteiger partial charge in [-0.15, -0.1) is 0 Å². The van der Waals surface area contributed by atoms with Crippen LogP contribution in [0, 0.1) is 0 Å². The number of nitrogens with zero attached hydrogens (tertiary/aromatic N) is 2. The molecule has 5 heteroatoms. The van der Waals surface area contributed by atoms with E-state index in [0.29, 0.717) is 0 Å². The van der Waals surface area contributed by atoms with Crippen molar-refractivity contribution in [1.29, 1.82) is 0 Å². The number of piperazine rings is 1. The Labute approximate surface area is 111 Å². The summed E-state index contributed by atoms with van der Waals surface area (Å²) in [7, 11) is 2.02. The third-order valence-corrected chi connectivity index (χ3v) is 3.45. The maximum atomic E-state index is 11.9. The molecule has 5 nitrogen and oxygen atoms in total. The maximum absolute atomic E-state index is 11.9. The molecule has 106 valence electrons. The Bertz CT molecular complexity index is 251. The van der Waals surface area contributed by atoms with E-state index in [4.69, 9.17) is 0 Å². The number of rotatable bonds is 6. The quantitative estimate of drug-likeness (QED) is 0.687. The van der Waals surface area contributed by atoms with Gasteiger partial charge < -0.3 is 10.6 Å². The fraction of sp³-hybridized carbons (Fsp3) is 0.923. The van der Waals surface area contributed by atoms with Crippen LogP contribution in [0.25, 0.3) is 0 Å². The molecule has 1 heterocycles. The molecule has 0 aromatic heterocycles. The Kier molecular flexibility index (Phi) is 6.60. The first kappa shape index (κ1) is 15.4. The Morgan fingerprint density at radius 2 is 1.94 bits per heavy atom. The van der Waals surface area contributed by atoms with E-state index < -0.39 is 0 Å². The lowest BCUT2D eigenvalue weighted by Gasteiger charge is -2.31. The molecule has 1 aliphatic heterocycles. The minimum absolute atomic E-state index is 0.0599. The number of likely N-dealkylation sites (N-methyl/N-ethyl adjacent to an activating group) is 1. The fourth-order valence-corrected chi connectivity index (χ4v) is 2.03. The van der Waals surface area contributed by atoms with Gasteiger partial charge in [0.05, 0.1) is 6.04 Å². The van der Waals surface area contributed by atoms with E-state index in [-0.39, 0.29) is 18.0 Å².